The number of aliphatic hydroxyl groups is 1. The third-order valence-corrected chi connectivity index (χ3v) is 6.82. The molecule has 1 aliphatic rings. The number of hydrogen-bond donors (Lipinski definition) is 1. The summed E-state index contributed by atoms with van der Waals surface area (Å²) in [4.78, 5) is 27.7. The molecule has 0 bridgehead atoms. The van der Waals surface area contributed by atoms with Gasteiger partial charge in [-0.3, -0.25) is 14.5 Å². The van der Waals surface area contributed by atoms with Crippen molar-refractivity contribution in [3.8, 4) is 5.75 Å². The Hall–Kier alpha value is -3.52. The molecule has 1 fully saturated rings. The van der Waals surface area contributed by atoms with Crippen molar-refractivity contribution in [1.29, 1.82) is 0 Å². The van der Waals surface area contributed by atoms with Gasteiger partial charge in [0.2, 0.25) is 5.13 Å². The number of rotatable bonds is 8. The molecule has 4 rings (SSSR count). The molecule has 0 radical (unpaired) electrons. The van der Waals surface area contributed by atoms with E-state index in [0.29, 0.717) is 39.5 Å². The van der Waals surface area contributed by atoms with E-state index in [4.69, 9.17) is 4.74 Å². The Kier molecular flexibility index (Phi) is 7.31. The van der Waals surface area contributed by atoms with Crippen LogP contribution in [0.4, 0.5) is 5.13 Å². The molecular weight excluding hydrogens is 462 g/mol. The standard InChI is InChI=1S/C27H29N3O4S/c1-5-6-15-34-21-13-11-20(12-14-21)24(31)22-23(19-9-7-18(8-10-19)16(2)3)30(26(33)25(22)32)27-29-28-17(4)35-27/h7-14,16,23,31H,5-6,15H2,1-4H3/t23-/m0/s1. The van der Waals surface area contributed by atoms with Crippen LogP contribution in [0.3, 0.4) is 0 Å². The summed E-state index contributed by atoms with van der Waals surface area (Å²) in [5.41, 5.74) is 2.31. The van der Waals surface area contributed by atoms with Crippen molar-refractivity contribution in [2.45, 2.75) is 52.5 Å². The molecule has 3 aromatic rings. The molecule has 1 saturated heterocycles. The number of unbranched alkanes of at least 4 members (excludes halogenated alkanes) is 1. The predicted octanol–water partition coefficient (Wildman–Crippen LogP) is 5.78. The van der Waals surface area contributed by atoms with E-state index in [9.17, 15) is 14.7 Å². The zero-order valence-corrected chi connectivity index (χ0v) is 21.1. The van der Waals surface area contributed by atoms with Gasteiger partial charge in [-0.25, -0.2) is 0 Å². The average Bonchev–Trinajstić information content (AvgIpc) is 3.39. The van der Waals surface area contributed by atoms with Gasteiger partial charge in [0.25, 0.3) is 5.78 Å². The lowest BCUT2D eigenvalue weighted by molar-refractivity contribution is -0.132. The second-order valence-corrected chi connectivity index (χ2v) is 9.98. The minimum absolute atomic E-state index is 0.0276. The zero-order chi connectivity index (χ0) is 25.1. The van der Waals surface area contributed by atoms with Crippen molar-refractivity contribution >= 4 is 33.9 Å². The van der Waals surface area contributed by atoms with Crippen molar-refractivity contribution in [1.82, 2.24) is 10.2 Å². The molecule has 1 aromatic heterocycles. The van der Waals surface area contributed by atoms with Gasteiger partial charge in [0.15, 0.2) is 0 Å². The molecule has 1 amide bonds. The van der Waals surface area contributed by atoms with Crippen molar-refractivity contribution in [3.05, 3.63) is 75.8 Å². The Morgan fingerprint density at radius 2 is 1.77 bits per heavy atom. The SMILES string of the molecule is CCCCOc1ccc(C(O)=C2C(=O)C(=O)N(c3nnc(C)s3)[C@H]2c2ccc(C(C)C)cc2)cc1. The Balaban J connectivity index is 1.79. The van der Waals surface area contributed by atoms with Gasteiger partial charge in [0.05, 0.1) is 18.2 Å². The van der Waals surface area contributed by atoms with Crippen molar-refractivity contribution in [2.24, 2.45) is 0 Å². The fraction of sp³-hybridized carbons (Fsp3) is 0.333. The molecule has 0 unspecified atom stereocenters. The van der Waals surface area contributed by atoms with Gasteiger partial charge in [-0.15, -0.1) is 10.2 Å². The molecule has 1 N–H and O–H groups in total. The molecule has 1 atom stereocenters. The van der Waals surface area contributed by atoms with Crippen LogP contribution < -0.4 is 9.64 Å². The summed E-state index contributed by atoms with van der Waals surface area (Å²) in [6.45, 7) is 8.69. The number of carbonyl (C=O) groups excluding carboxylic acids is 2. The van der Waals surface area contributed by atoms with Crippen LogP contribution in [0.25, 0.3) is 5.76 Å². The van der Waals surface area contributed by atoms with E-state index in [1.165, 1.54) is 16.2 Å². The highest BCUT2D eigenvalue weighted by Gasteiger charge is 2.48. The molecule has 0 spiro atoms. The summed E-state index contributed by atoms with van der Waals surface area (Å²) in [7, 11) is 0. The molecule has 0 saturated carbocycles. The van der Waals surface area contributed by atoms with Crippen molar-refractivity contribution < 1.29 is 19.4 Å². The molecule has 7 nitrogen and oxygen atoms in total. The number of carbonyl (C=O) groups is 2. The monoisotopic (exact) mass is 491 g/mol. The Labute approximate surface area is 209 Å². The highest BCUT2D eigenvalue weighted by molar-refractivity contribution is 7.15. The van der Waals surface area contributed by atoms with Crippen LogP contribution in [0.2, 0.25) is 0 Å². The summed E-state index contributed by atoms with van der Waals surface area (Å²) in [6.07, 6.45) is 1.98. The maximum absolute atomic E-state index is 13.2. The predicted molar refractivity (Wildman–Crippen MR) is 137 cm³/mol. The number of aromatic nitrogens is 2. The molecule has 2 heterocycles. The first-order valence-corrected chi connectivity index (χ1v) is 12.6. The van der Waals surface area contributed by atoms with E-state index in [2.05, 4.69) is 31.0 Å². The molecule has 0 aliphatic carbocycles. The molecule has 1 aliphatic heterocycles. The number of anilines is 1. The van der Waals surface area contributed by atoms with Gasteiger partial charge in [-0.2, -0.15) is 0 Å². The second-order valence-electron chi connectivity index (χ2n) is 8.82. The fourth-order valence-corrected chi connectivity index (χ4v) is 4.70. The summed E-state index contributed by atoms with van der Waals surface area (Å²) in [5.74, 6) is -0.707. The number of Topliss-reactive ketones (excluding diaryl/α,β-unsaturated/α-hetero) is 1. The van der Waals surface area contributed by atoms with Crippen LogP contribution in [0.5, 0.6) is 5.75 Å². The number of amides is 1. The number of nitrogens with zero attached hydrogens (tertiary/aromatic N) is 3. The van der Waals surface area contributed by atoms with E-state index in [1.54, 1.807) is 31.2 Å². The van der Waals surface area contributed by atoms with Gasteiger partial charge in [-0.1, -0.05) is 62.8 Å². The van der Waals surface area contributed by atoms with Crippen LogP contribution >= 0.6 is 11.3 Å². The summed E-state index contributed by atoms with van der Waals surface area (Å²) >= 11 is 1.23. The number of benzene rings is 2. The zero-order valence-electron chi connectivity index (χ0n) is 20.3. The maximum atomic E-state index is 13.2. The van der Waals surface area contributed by atoms with Crippen LogP contribution in [-0.4, -0.2) is 33.6 Å². The first kappa shape index (κ1) is 24.6. The number of aryl methyl sites for hydroxylation is 1. The number of ketones is 1. The van der Waals surface area contributed by atoms with Crippen molar-refractivity contribution in [3.63, 3.8) is 0 Å². The molecule has 182 valence electrons. The average molecular weight is 492 g/mol. The number of ether oxygens (including phenoxy) is 1. The van der Waals surface area contributed by atoms with E-state index >= 15 is 0 Å². The van der Waals surface area contributed by atoms with Gasteiger partial charge in [0.1, 0.15) is 16.5 Å². The van der Waals surface area contributed by atoms with Crippen LogP contribution in [-0.2, 0) is 9.59 Å². The largest absolute Gasteiger partial charge is 0.507 e. The minimum atomic E-state index is -0.816. The number of hydrogen-bond acceptors (Lipinski definition) is 7. The van der Waals surface area contributed by atoms with E-state index < -0.39 is 17.7 Å². The van der Waals surface area contributed by atoms with Gasteiger partial charge in [-0.05, 0) is 54.7 Å². The Bertz CT molecular complexity index is 1250. The summed E-state index contributed by atoms with van der Waals surface area (Å²) < 4.78 is 5.70. The summed E-state index contributed by atoms with van der Waals surface area (Å²) in [6, 6.07) is 13.8. The minimum Gasteiger partial charge on any atom is -0.507 e. The molecular formula is C27H29N3O4S. The van der Waals surface area contributed by atoms with Crippen molar-refractivity contribution in [2.75, 3.05) is 11.5 Å². The van der Waals surface area contributed by atoms with E-state index in [0.717, 1.165) is 18.4 Å². The topological polar surface area (TPSA) is 92.6 Å². The van der Waals surface area contributed by atoms with Gasteiger partial charge < -0.3 is 9.84 Å². The number of aliphatic hydroxyl groups excluding tert-OH is 1. The first-order chi connectivity index (χ1) is 16.8. The lowest BCUT2D eigenvalue weighted by Crippen LogP contribution is -2.29. The maximum Gasteiger partial charge on any atom is 0.301 e. The lowest BCUT2D eigenvalue weighted by Gasteiger charge is -2.23. The normalized spacial score (nSPS) is 17.4. The van der Waals surface area contributed by atoms with Crippen LogP contribution in [0.15, 0.2) is 54.1 Å². The van der Waals surface area contributed by atoms with Crippen LogP contribution in [0.1, 0.15) is 67.3 Å². The first-order valence-electron chi connectivity index (χ1n) is 11.8. The third-order valence-electron chi connectivity index (χ3n) is 5.98. The molecule has 35 heavy (non-hydrogen) atoms. The smallest absolute Gasteiger partial charge is 0.301 e. The highest BCUT2D eigenvalue weighted by Crippen LogP contribution is 2.43. The fourth-order valence-electron chi connectivity index (χ4n) is 3.99. The Morgan fingerprint density at radius 3 is 2.34 bits per heavy atom. The third kappa shape index (κ3) is 4.98. The Morgan fingerprint density at radius 1 is 1.09 bits per heavy atom. The highest BCUT2D eigenvalue weighted by atomic mass is 32.1. The van der Waals surface area contributed by atoms with Gasteiger partial charge in [0, 0.05) is 5.56 Å². The quantitative estimate of drug-likeness (QED) is 0.186. The van der Waals surface area contributed by atoms with Gasteiger partial charge >= 0.3 is 5.91 Å². The molecule has 8 heteroatoms. The molecule has 2 aromatic carbocycles. The lowest BCUT2D eigenvalue weighted by atomic mass is 9.93. The summed E-state index contributed by atoms with van der Waals surface area (Å²) in [5, 5.41) is 20.4. The second kappa shape index (κ2) is 10.4. The van der Waals surface area contributed by atoms with Crippen LogP contribution in [0, 0.1) is 6.92 Å². The van der Waals surface area contributed by atoms with E-state index in [-0.39, 0.29) is 11.3 Å². The van der Waals surface area contributed by atoms with E-state index in [1.807, 2.05) is 24.3 Å².